The highest BCUT2D eigenvalue weighted by Crippen LogP contribution is 2.22. The standard InChI is InChI=1S/C11H8N4O.C2H6/c16-9-5-4-7-2-1-3-8(10(7)14-9)11-12-6-13-15-11;1-2/h1-6H,(H,14,16)(H,12,13,15);1-2H3. The predicted octanol–water partition coefficient (Wildman–Crippen LogP) is 2.34. The summed E-state index contributed by atoms with van der Waals surface area (Å²) >= 11 is 0. The first-order valence-corrected chi connectivity index (χ1v) is 5.82. The molecule has 2 heterocycles. The molecule has 18 heavy (non-hydrogen) atoms. The molecule has 5 heteroatoms. The molecule has 0 fully saturated rings. The average Bonchev–Trinajstić information content (AvgIpc) is 2.94. The largest absolute Gasteiger partial charge is 0.321 e. The minimum Gasteiger partial charge on any atom is -0.321 e. The molecule has 0 unspecified atom stereocenters. The second-order valence-corrected chi connectivity index (χ2v) is 3.43. The maximum absolute atomic E-state index is 11.3. The number of aromatic nitrogens is 4. The Bertz CT molecular complexity index is 686. The van der Waals surface area contributed by atoms with Crippen LogP contribution in [0.4, 0.5) is 0 Å². The maximum atomic E-state index is 11.3. The molecule has 2 aromatic heterocycles. The zero-order valence-electron chi connectivity index (χ0n) is 10.3. The van der Waals surface area contributed by atoms with Gasteiger partial charge in [-0.1, -0.05) is 26.0 Å². The number of aromatic amines is 2. The van der Waals surface area contributed by atoms with Crippen LogP contribution >= 0.6 is 0 Å². The van der Waals surface area contributed by atoms with E-state index >= 15 is 0 Å². The van der Waals surface area contributed by atoms with Crippen molar-refractivity contribution in [2.45, 2.75) is 13.8 Å². The summed E-state index contributed by atoms with van der Waals surface area (Å²) in [5.41, 5.74) is 1.49. The molecule has 1 aromatic carbocycles. The fraction of sp³-hybridized carbons (Fsp3) is 0.154. The number of nitrogens with zero attached hydrogens (tertiary/aromatic N) is 2. The first-order valence-electron chi connectivity index (χ1n) is 5.82. The van der Waals surface area contributed by atoms with Crippen molar-refractivity contribution in [2.24, 2.45) is 0 Å². The molecule has 92 valence electrons. The fourth-order valence-electron chi connectivity index (χ4n) is 1.71. The normalized spacial score (nSPS) is 9.89. The van der Waals surface area contributed by atoms with Crippen LogP contribution in [-0.2, 0) is 0 Å². The van der Waals surface area contributed by atoms with E-state index in [1.165, 1.54) is 12.4 Å². The molecule has 0 saturated carbocycles. The van der Waals surface area contributed by atoms with Crippen LogP contribution in [0.2, 0.25) is 0 Å². The van der Waals surface area contributed by atoms with Crippen molar-refractivity contribution in [2.75, 3.05) is 0 Å². The number of para-hydroxylation sites is 1. The van der Waals surface area contributed by atoms with Gasteiger partial charge in [0.05, 0.1) is 5.52 Å². The number of fused-ring (bicyclic) bond motifs is 1. The van der Waals surface area contributed by atoms with Crippen molar-refractivity contribution in [3.8, 4) is 11.4 Å². The molecule has 0 spiro atoms. The Morgan fingerprint density at radius 1 is 1.11 bits per heavy atom. The second-order valence-electron chi connectivity index (χ2n) is 3.43. The van der Waals surface area contributed by atoms with Crippen LogP contribution in [0.3, 0.4) is 0 Å². The minimum atomic E-state index is -0.125. The molecule has 0 aliphatic heterocycles. The highest BCUT2D eigenvalue weighted by molar-refractivity contribution is 5.91. The number of nitrogens with one attached hydrogen (secondary N) is 2. The Morgan fingerprint density at radius 2 is 1.94 bits per heavy atom. The van der Waals surface area contributed by atoms with Crippen molar-refractivity contribution < 1.29 is 0 Å². The lowest BCUT2D eigenvalue weighted by Gasteiger charge is -2.02. The summed E-state index contributed by atoms with van der Waals surface area (Å²) in [7, 11) is 0. The van der Waals surface area contributed by atoms with E-state index in [0.717, 1.165) is 16.5 Å². The fourth-order valence-corrected chi connectivity index (χ4v) is 1.71. The third kappa shape index (κ3) is 2.15. The smallest absolute Gasteiger partial charge is 0.248 e. The first-order chi connectivity index (χ1) is 8.84. The third-order valence-electron chi connectivity index (χ3n) is 2.43. The number of hydrogen-bond acceptors (Lipinski definition) is 3. The van der Waals surface area contributed by atoms with E-state index in [4.69, 9.17) is 0 Å². The Morgan fingerprint density at radius 3 is 2.67 bits per heavy atom. The van der Waals surface area contributed by atoms with Gasteiger partial charge in [-0.3, -0.25) is 9.89 Å². The molecule has 0 radical (unpaired) electrons. The summed E-state index contributed by atoms with van der Waals surface area (Å²) in [6.45, 7) is 4.00. The van der Waals surface area contributed by atoms with E-state index in [2.05, 4.69) is 20.2 Å². The molecule has 0 aliphatic carbocycles. The van der Waals surface area contributed by atoms with Crippen LogP contribution in [0.25, 0.3) is 22.3 Å². The van der Waals surface area contributed by atoms with Gasteiger partial charge in [0, 0.05) is 11.6 Å². The zero-order valence-corrected chi connectivity index (χ0v) is 10.3. The van der Waals surface area contributed by atoms with Crippen LogP contribution in [-0.4, -0.2) is 20.2 Å². The van der Waals surface area contributed by atoms with Crippen LogP contribution in [0.15, 0.2) is 41.5 Å². The quantitative estimate of drug-likeness (QED) is 0.687. The van der Waals surface area contributed by atoms with Crippen LogP contribution in [0.5, 0.6) is 0 Å². The van der Waals surface area contributed by atoms with Gasteiger partial charge in [0.15, 0.2) is 5.82 Å². The summed E-state index contributed by atoms with van der Waals surface area (Å²) in [6, 6.07) is 9.03. The van der Waals surface area contributed by atoms with Crippen molar-refractivity contribution in [3.63, 3.8) is 0 Å². The van der Waals surface area contributed by atoms with E-state index in [1.54, 1.807) is 6.07 Å². The van der Waals surface area contributed by atoms with Gasteiger partial charge in [-0.05, 0) is 17.5 Å². The number of rotatable bonds is 1. The Labute approximate surface area is 104 Å². The summed E-state index contributed by atoms with van der Waals surface area (Å²) < 4.78 is 0. The molecule has 3 rings (SSSR count). The monoisotopic (exact) mass is 242 g/mol. The van der Waals surface area contributed by atoms with Gasteiger partial charge in [-0.15, -0.1) is 0 Å². The Balaban J connectivity index is 0.000000574. The predicted molar refractivity (Wildman–Crippen MR) is 71.3 cm³/mol. The summed E-state index contributed by atoms with van der Waals surface area (Å²) in [5.74, 6) is 0.646. The molecule has 3 aromatic rings. The highest BCUT2D eigenvalue weighted by Gasteiger charge is 2.06. The topological polar surface area (TPSA) is 74.4 Å². The molecule has 0 saturated heterocycles. The van der Waals surface area contributed by atoms with Crippen molar-refractivity contribution in [1.29, 1.82) is 0 Å². The van der Waals surface area contributed by atoms with Gasteiger partial charge in [0.1, 0.15) is 6.33 Å². The van der Waals surface area contributed by atoms with E-state index in [9.17, 15) is 4.79 Å². The van der Waals surface area contributed by atoms with Crippen molar-refractivity contribution >= 4 is 10.9 Å². The van der Waals surface area contributed by atoms with Gasteiger partial charge in [0.25, 0.3) is 0 Å². The lowest BCUT2D eigenvalue weighted by Crippen LogP contribution is -2.03. The first kappa shape index (κ1) is 12.0. The van der Waals surface area contributed by atoms with Crippen LogP contribution < -0.4 is 5.56 Å². The molecule has 0 amide bonds. The number of H-pyrrole nitrogens is 2. The molecule has 2 N–H and O–H groups in total. The molecular formula is C13H14N4O. The number of hydrogen-bond donors (Lipinski definition) is 2. The van der Waals surface area contributed by atoms with E-state index in [0.29, 0.717) is 5.82 Å². The lowest BCUT2D eigenvalue weighted by molar-refractivity contribution is 1.10. The molecule has 0 atom stereocenters. The Hall–Kier alpha value is -2.43. The van der Waals surface area contributed by atoms with E-state index < -0.39 is 0 Å². The third-order valence-corrected chi connectivity index (χ3v) is 2.43. The SMILES string of the molecule is CC.O=c1ccc2cccc(-c3ncn[nH]3)c2[nH]1. The van der Waals surface area contributed by atoms with Gasteiger partial charge in [-0.2, -0.15) is 5.10 Å². The molecule has 0 bridgehead atoms. The lowest BCUT2D eigenvalue weighted by atomic mass is 10.1. The molecule has 5 nitrogen and oxygen atoms in total. The molecular weight excluding hydrogens is 228 g/mol. The van der Waals surface area contributed by atoms with Gasteiger partial charge < -0.3 is 4.98 Å². The van der Waals surface area contributed by atoms with Gasteiger partial charge >= 0.3 is 0 Å². The summed E-state index contributed by atoms with van der Waals surface area (Å²) in [6.07, 6.45) is 1.44. The van der Waals surface area contributed by atoms with Gasteiger partial charge in [0.2, 0.25) is 5.56 Å². The minimum absolute atomic E-state index is 0.125. The van der Waals surface area contributed by atoms with Crippen LogP contribution in [0, 0.1) is 0 Å². The van der Waals surface area contributed by atoms with E-state index in [1.807, 2.05) is 32.0 Å². The molecule has 0 aliphatic rings. The maximum Gasteiger partial charge on any atom is 0.248 e. The second kappa shape index (κ2) is 5.27. The summed E-state index contributed by atoms with van der Waals surface area (Å²) in [5, 5.41) is 7.55. The van der Waals surface area contributed by atoms with E-state index in [-0.39, 0.29) is 5.56 Å². The van der Waals surface area contributed by atoms with Gasteiger partial charge in [-0.25, -0.2) is 4.98 Å². The van der Waals surface area contributed by atoms with Crippen molar-refractivity contribution in [1.82, 2.24) is 20.2 Å². The number of benzene rings is 1. The number of pyridine rings is 1. The average molecular weight is 242 g/mol. The highest BCUT2D eigenvalue weighted by atomic mass is 16.1. The Kier molecular flexibility index (Phi) is 3.52. The summed E-state index contributed by atoms with van der Waals surface area (Å²) in [4.78, 5) is 18.2. The van der Waals surface area contributed by atoms with Crippen LogP contribution in [0.1, 0.15) is 13.8 Å². The zero-order chi connectivity index (χ0) is 13.0. The van der Waals surface area contributed by atoms with Crippen molar-refractivity contribution in [3.05, 3.63) is 47.0 Å².